The van der Waals surface area contributed by atoms with Crippen LogP contribution in [0.2, 0.25) is 0 Å². The van der Waals surface area contributed by atoms with E-state index < -0.39 is 34.5 Å². The van der Waals surface area contributed by atoms with Gasteiger partial charge in [-0.15, -0.1) is 0 Å². The molecule has 7 nitrogen and oxygen atoms in total. The summed E-state index contributed by atoms with van der Waals surface area (Å²) in [6, 6.07) is 22.1. The van der Waals surface area contributed by atoms with Crippen molar-refractivity contribution in [1.82, 2.24) is 0 Å². The lowest BCUT2D eigenvalue weighted by Gasteiger charge is -2.47. The standard InChI is InChI=1S/C23H18N4O3/c1-15-21(2)29-19(22(12-24,13-25)23(15,14-26)20(27)30-21)16-7-6-10-18(11-16)28-17-8-4-3-5-9-17/h3-11,15,19,27H,1-2H3. The Morgan fingerprint density at radius 1 is 0.967 bits per heavy atom. The monoisotopic (exact) mass is 398 g/mol. The molecule has 2 saturated heterocycles. The van der Waals surface area contributed by atoms with Gasteiger partial charge in [-0.25, -0.2) is 0 Å². The van der Waals surface area contributed by atoms with E-state index in [1.54, 1.807) is 50.2 Å². The molecule has 0 radical (unpaired) electrons. The summed E-state index contributed by atoms with van der Waals surface area (Å²) in [5, 5.41) is 38.7. The van der Waals surface area contributed by atoms with Crippen LogP contribution in [0.3, 0.4) is 0 Å². The molecule has 2 aliphatic rings. The van der Waals surface area contributed by atoms with Gasteiger partial charge in [0.2, 0.25) is 17.1 Å². The topological polar surface area (TPSA) is 123 Å². The lowest BCUT2D eigenvalue weighted by Crippen LogP contribution is -2.57. The van der Waals surface area contributed by atoms with E-state index in [1.807, 2.05) is 30.3 Å². The molecule has 4 rings (SSSR count). The fourth-order valence-corrected chi connectivity index (χ4v) is 4.38. The van der Waals surface area contributed by atoms with Gasteiger partial charge in [-0.1, -0.05) is 37.3 Å². The first-order chi connectivity index (χ1) is 14.4. The molecule has 2 aliphatic heterocycles. The predicted octanol–water partition coefficient (Wildman–Crippen LogP) is 4.45. The molecule has 2 heterocycles. The van der Waals surface area contributed by atoms with Crippen molar-refractivity contribution in [3.05, 3.63) is 60.2 Å². The molecule has 30 heavy (non-hydrogen) atoms. The first-order valence-electron chi connectivity index (χ1n) is 9.39. The summed E-state index contributed by atoms with van der Waals surface area (Å²) in [6.07, 6.45) is -1.12. The van der Waals surface area contributed by atoms with Gasteiger partial charge in [0.1, 0.15) is 17.6 Å². The molecule has 2 bridgehead atoms. The zero-order chi connectivity index (χ0) is 21.6. The van der Waals surface area contributed by atoms with E-state index in [0.717, 1.165) is 0 Å². The second-order valence-electron chi connectivity index (χ2n) is 7.61. The molecule has 0 aliphatic carbocycles. The SMILES string of the molecule is CC1C2(C)OC(=N)C1(C#N)C(C#N)(C#N)C(c1cccc(Oc3ccccc3)c1)O2. The van der Waals surface area contributed by atoms with E-state index >= 15 is 0 Å². The number of para-hydroxylation sites is 1. The Balaban J connectivity index is 1.84. The maximum atomic E-state index is 10.1. The minimum atomic E-state index is -1.97. The zero-order valence-corrected chi connectivity index (χ0v) is 16.4. The van der Waals surface area contributed by atoms with Crippen molar-refractivity contribution < 1.29 is 14.2 Å². The predicted molar refractivity (Wildman–Crippen MR) is 105 cm³/mol. The van der Waals surface area contributed by atoms with Crippen LogP contribution in [0.15, 0.2) is 54.6 Å². The van der Waals surface area contributed by atoms with Crippen LogP contribution in [0.5, 0.6) is 11.5 Å². The van der Waals surface area contributed by atoms with Crippen molar-refractivity contribution in [2.24, 2.45) is 16.7 Å². The number of nitriles is 3. The summed E-state index contributed by atoms with van der Waals surface area (Å²) in [7, 11) is 0. The fourth-order valence-electron chi connectivity index (χ4n) is 4.38. The molecule has 7 heteroatoms. The molecule has 2 aromatic rings. The molecule has 148 valence electrons. The van der Waals surface area contributed by atoms with E-state index in [1.165, 1.54) is 0 Å². The summed E-state index contributed by atoms with van der Waals surface area (Å²) in [5.41, 5.74) is -3.24. The molecular formula is C23H18N4O3. The van der Waals surface area contributed by atoms with Gasteiger partial charge in [-0.05, 0) is 29.8 Å². The van der Waals surface area contributed by atoms with Crippen LogP contribution in [0.1, 0.15) is 25.5 Å². The van der Waals surface area contributed by atoms with Gasteiger partial charge < -0.3 is 14.2 Å². The third kappa shape index (κ3) is 2.35. The lowest BCUT2D eigenvalue weighted by molar-refractivity contribution is -0.268. The maximum Gasteiger partial charge on any atom is 0.214 e. The molecule has 0 spiro atoms. The highest BCUT2D eigenvalue weighted by atomic mass is 16.7. The van der Waals surface area contributed by atoms with Crippen LogP contribution in [0, 0.1) is 56.2 Å². The number of hydrogen-bond donors (Lipinski definition) is 1. The number of rotatable bonds is 3. The van der Waals surface area contributed by atoms with Gasteiger partial charge in [0.25, 0.3) is 0 Å². The molecule has 0 amide bonds. The van der Waals surface area contributed by atoms with E-state index in [4.69, 9.17) is 19.6 Å². The summed E-state index contributed by atoms with van der Waals surface area (Å²) in [5.74, 6) is -1.30. The van der Waals surface area contributed by atoms with Gasteiger partial charge in [-0.3, -0.25) is 5.41 Å². The highest BCUT2D eigenvalue weighted by Crippen LogP contribution is 2.66. The second-order valence-corrected chi connectivity index (χ2v) is 7.61. The quantitative estimate of drug-likeness (QED) is 0.814. The van der Waals surface area contributed by atoms with Crippen LogP contribution in [0.25, 0.3) is 0 Å². The van der Waals surface area contributed by atoms with E-state index in [2.05, 4.69) is 6.07 Å². The minimum absolute atomic E-state index is 0.415. The van der Waals surface area contributed by atoms with Crippen molar-refractivity contribution in [3.63, 3.8) is 0 Å². The third-order valence-corrected chi connectivity index (χ3v) is 6.13. The van der Waals surface area contributed by atoms with Crippen LogP contribution in [-0.2, 0) is 9.47 Å². The molecule has 4 atom stereocenters. The van der Waals surface area contributed by atoms with E-state index in [0.29, 0.717) is 17.1 Å². The number of benzene rings is 2. The Labute approximate surface area is 174 Å². The van der Waals surface area contributed by atoms with Gasteiger partial charge in [0.05, 0.1) is 24.1 Å². The van der Waals surface area contributed by atoms with Crippen LogP contribution >= 0.6 is 0 Å². The number of hydrogen-bond acceptors (Lipinski definition) is 7. The number of nitrogens with one attached hydrogen (secondary N) is 1. The summed E-state index contributed by atoms with van der Waals surface area (Å²) < 4.78 is 17.6. The second kappa shape index (κ2) is 6.59. The van der Waals surface area contributed by atoms with Crippen molar-refractivity contribution in [1.29, 1.82) is 21.2 Å². The molecule has 2 aromatic carbocycles. The Kier molecular flexibility index (Phi) is 4.28. The molecule has 2 fully saturated rings. The van der Waals surface area contributed by atoms with E-state index in [9.17, 15) is 15.8 Å². The first kappa shape index (κ1) is 19.5. The summed E-state index contributed by atoms with van der Waals surface area (Å²) in [4.78, 5) is 0. The lowest BCUT2D eigenvalue weighted by atomic mass is 9.54. The van der Waals surface area contributed by atoms with E-state index in [-0.39, 0.29) is 0 Å². The van der Waals surface area contributed by atoms with Crippen molar-refractivity contribution in [2.75, 3.05) is 0 Å². The zero-order valence-electron chi connectivity index (χ0n) is 16.4. The smallest absolute Gasteiger partial charge is 0.214 e. The van der Waals surface area contributed by atoms with Crippen molar-refractivity contribution in [2.45, 2.75) is 25.7 Å². The Hall–Kier alpha value is -3.86. The molecule has 0 saturated carbocycles. The van der Waals surface area contributed by atoms with Crippen molar-refractivity contribution in [3.8, 4) is 29.7 Å². The summed E-state index contributed by atoms with van der Waals surface area (Å²) >= 11 is 0. The Morgan fingerprint density at radius 2 is 1.63 bits per heavy atom. The highest BCUT2D eigenvalue weighted by Gasteiger charge is 2.78. The van der Waals surface area contributed by atoms with Crippen molar-refractivity contribution >= 4 is 5.90 Å². The van der Waals surface area contributed by atoms with Gasteiger partial charge in [0, 0.05) is 6.92 Å². The average Bonchev–Trinajstić information content (AvgIpc) is 2.90. The number of nitrogens with zero attached hydrogens (tertiary/aromatic N) is 3. The third-order valence-electron chi connectivity index (χ3n) is 6.13. The van der Waals surface area contributed by atoms with Gasteiger partial charge in [-0.2, -0.15) is 15.8 Å². The van der Waals surface area contributed by atoms with Crippen LogP contribution in [-0.4, -0.2) is 11.7 Å². The fraction of sp³-hybridized carbons (Fsp3) is 0.304. The van der Waals surface area contributed by atoms with Gasteiger partial charge in [0.15, 0.2) is 5.41 Å². The normalized spacial score (nSPS) is 31.0. The highest BCUT2D eigenvalue weighted by molar-refractivity contribution is 5.89. The molecule has 0 aromatic heterocycles. The van der Waals surface area contributed by atoms with Crippen LogP contribution < -0.4 is 4.74 Å². The average molecular weight is 398 g/mol. The molecule has 1 N–H and O–H groups in total. The summed E-state index contributed by atoms with van der Waals surface area (Å²) in [6.45, 7) is 3.29. The largest absolute Gasteiger partial charge is 0.457 e. The first-order valence-corrected chi connectivity index (χ1v) is 9.39. The molecular weight excluding hydrogens is 380 g/mol. The number of fused-ring (bicyclic) bond motifs is 2. The Bertz CT molecular complexity index is 1130. The molecule has 4 unspecified atom stereocenters. The Morgan fingerprint density at radius 3 is 2.27 bits per heavy atom. The number of ether oxygens (including phenoxy) is 3. The maximum absolute atomic E-state index is 10.1. The minimum Gasteiger partial charge on any atom is -0.457 e. The van der Waals surface area contributed by atoms with Crippen LogP contribution in [0.4, 0.5) is 0 Å². The van der Waals surface area contributed by atoms with Gasteiger partial charge >= 0.3 is 0 Å².